The minimum Gasteiger partial charge on any atom is -0.381 e. The first-order valence-electron chi connectivity index (χ1n) is 7.24. The van der Waals surface area contributed by atoms with Gasteiger partial charge >= 0.3 is 0 Å². The zero-order valence-electron chi connectivity index (χ0n) is 12.3. The number of ether oxygens (including phenoxy) is 1. The van der Waals surface area contributed by atoms with Crippen molar-refractivity contribution < 1.29 is 9.53 Å². The maximum absolute atomic E-state index is 11.0. The SMILES string of the molecule is CC(=O)Nc1ccc(NC2C3CCOC3C2(C)C)cc1. The Hall–Kier alpha value is -1.55. The third kappa shape index (κ3) is 2.18. The molecule has 108 valence electrons. The van der Waals surface area contributed by atoms with Crippen LogP contribution in [0.5, 0.6) is 0 Å². The lowest BCUT2D eigenvalue weighted by Gasteiger charge is -2.55. The molecule has 4 heteroatoms. The predicted molar refractivity (Wildman–Crippen MR) is 79.8 cm³/mol. The minimum atomic E-state index is -0.0446. The van der Waals surface area contributed by atoms with E-state index < -0.39 is 0 Å². The van der Waals surface area contributed by atoms with Crippen LogP contribution >= 0.6 is 0 Å². The van der Waals surface area contributed by atoms with E-state index in [-0.39, 0.29) is 11.3 Å². The first-order valence-corrected chi connectivity index (χ1v) is 7.24. The van der Waals surface area contributed by atoms with Crippen LogP contribution in [0.15, 0.2) is 24.3 Å². The Labute approximate surface area is 119 Å². The van der Waals surface area contributed by atoms with E-state index in [4.69, 9.17) is 4.74 Å². The number of rotatable bonds is 3. The van der Waals surface area contributed by atoms with Crippen molar-refractivity contribution in [1.29, 1.82) is 0 Å². The van der Waals surface area contributed by atoms with E-state index in [2.05, 4.69) is 24.5 Å². The Kier molecular flexibility index (Phi) is 3.21. The van der Waals surface area contributed by atoms with E-state index in [1.54, 1.807) is 0 Å². The average molecular weight is 274 g/mol. The fourth-order valence-corrected chi connectivity index (χ4v) is 3.65. The summed E-state index contributed by atoms with van der Waals surface area (Å²) in [5.74, 6) is 0.580. The number of benzene rings is 1. The summed E-state index contributed by atoms with van der Waals surface area (Å²) in [6.45, 7) is 6.94. The molecule has 1 aromatic carbocycles. The van der Waals surface area contributed by atoms with Crippen LogP contribution in [0.1, 0.15) is 27.2 Å². The molecule has 1 aromatic rings. The molecule has 3 atom stereocenters. The molecule has 2 N–H and O–H groups in total. The van der Waals surface area contributed by atoms with Gasteiger partial charge in [-0.3, -0.25) is 4.79 Å². The lowest BCUT2D eigenvalue weighted by Crippen LogP contribution is -2.63. The number of carbonyl (C=O) groups is 1. The van der Waals surface area contributed by atoms with Gasteiger partial charge in [0.15, 0.2) is 0 Å². The summed E-state index contributed by atoms with van der Waals surface area (Å²) in [7, 11) is 0. The Morgan fingerprint density at radius 2 is 1.90 bits per heavy atom. The summed E-state index contributed by atoms with van der Waals surface area (Å²) >= 11 is 0. The highest BCUT2D eigenvalue weighted by Crippen LogP contribution is 2.53. The lowest BCUT2D eigenvalue weighted by molar-refractivity contribution is -0.114. The molecule has 0 aromatic heterocycles. The van der Waals surface area contributed by atoms with Crippen molar-refractivity contribution in [3.63, 3.8) is 0 Å². The largest absolute Gasteiger partial charge is 0.381 e. The lowest BCUT2D eigenvalue weighted by atomic mass is 9.57. The van der Waals surface area contributed by atoms with Crippen LogP contribution in [0.2, 0.25) is 0 Å². The molecule has 3 rings (SSSR count). The second-order valence-corrected chi connectivity index (χ2v) is 6.45. The van der Waals surface area contributed by atoms with Gasteiger partial charge < -0.3 is 15.4 Å². The zero-order valence-corrected chi connectivity index (χ0v) is 12.3. The highest BCUT2D eigenvalue weighted by atomic mass is 16.5. The van der Waals surface area contributed by atoms with Crippen LogP contribution in [-0.2, 0) is 9.53 Å². The number of amides is 1. The van der Waals surface area contributed by atoms with Crippen LogP contribution in [0.3, 0.4) is 0 Å². The first-order chi connectivity index (χ1) is 9.48. The standard InChI is InChI=1S/C16H22N2O2/c1-10(19)17-11-4-6-12(7-5-11)18-14-13-8-9-20-15(13)16(14,2)3/h4-7,13-15,18H,8-9H2,1-3H3,(H,17,19). The number of carbonyl (C=O) groups excluding carboxylic acids is 1. The second-order valence-electron chi connectivity index (χ2n) is 6.45. The summed E-state index contributed by atoms with van der Waals surface area (Å²) in [6.07, 6.45) is 1.55. The van der Waals surface area contributed by atoms with Gasteiger partial charge in [0.2, 0.25) is 5.91 Å². The quantitative estimate of drug-likeness (QED) is 0.891. The summed E-state index contributed by atoms with van der Waals surface area (Å²) in [5.41, 5.74) is 2.11. The fourth-order valence-electron chi connectivity index (χ4n) is 3.65. The topological polar surface area (TPSA) is 50.4 Å². The second kappa shape index (κ2) is 4.77. The van der Waals surface area contributed by atoms with Crippen LogP contribution in [0, 0.1) is 11.3 Å². The van der Waals surface area contributed by atoms with Crippen LogP contribution in [0.25, 0.3) is 0 Å². The van der Waals surface area contributed by atoms with Gasteiger partial charge in [-0.1, -0.05) is 13.8 Å². The molecule has 20 heavy (non-hydrogen) atoms. The molecular formula is C16H22N2O2. The van der Waals surface area contributed by atoms with Gasteiger partial charge in [0, 0.05) is 42.3 Å². The van der Waals surface area contributed by atoms with Crippen molar-refractivity contribution >= 4 is 17.3 Å². The molecule has 2 aliphatic rings. The monoisotopic (exact) mass is 274 g/mol. The van der Waals surface area contributed by atoms with Crippen LogP contribution in [-0.4, -0.2) is 24.7 Å². The van der Waals surface area contributed by atoms with Gasteiger partial charge in [-0.05, 0) is 30.7 Å². The molecule has 1 aliphatic carbocycles. The van der Waals surface area contributed by atoms with Crippen molar-refractivity contribution in [2.45, 2.75) is 39.3 Å². The van der Waals surface area contributed by atoms with Gasteiger partial charge in [-0.2, -0.15) is 0 Å². The predicted octanol–water partition coefficient (Wildman–Crippen LogP) is 2.87. The van der Waals surface area contributed by atoms with E-state index in [0.29, 0.717) is 18.1 Å². The molecule has 0 spiro atoms. The van der Waals surface area contributed by atoms with E-state index in [0.717, 1.165) is 24.4 Å². The molecule has 1 saturated heterocycles. The molecule has 2 fully saturated rings. The molecule has 0 radical (unpaired) electrons. The van der Waals surface area contributed by atoms with Gasteiger partial charge in [0.05, 0.1) is 6.10 Å². The van der Waals surface area contributed by atoms with E-state index >= 15 is 0 Å². The maximum Gasteiger partial charge on any atom is 0.221 e. The van der Waals surface area contributed by atoms with E-state index in [1.807, 2.05) is 24.3 Å². The molecule has 1 amide bonds. The van der Waals surface area contributed by atoms with Gasteiger partial charge in [-0.25, -0.2) is 0 Å². The summed E-state index contributed by atoms with van der Waals surface area (Å²) in [5, 5.41) is 6.41. The van der Waals surface area contributed by atoms with Crippen molar-refractivity contribution in [3.05, 3.63) is 24.3 Å². The first kappa shape index (κ1) is 13.4. The van der Waals surface area contributed by atoms with E-state index in [9.17, 15) is 4.79 Å². The smallest absolute Gasteiger partial charge is 0.221 e. The van der Waals surface area contributed by atoms with Gasteiger partial charge in [-0.15, -0.1) is 0 Å². The van der Waals surface area contributed by atoms with Crippen LogP contribution < -0.4 is 10.6 Å². The third-order valence-corrected chi connectivity index (χ3v) is 4.63. The number of hydrogen-bond donors (Lipinski definition) is 2. The highest BCUT2D eigenvalue weighted by Gasteiger charge is 2.59. The molecular weight excluding hydrogens is 252 g/mol. The Morgan fingerprint density at radius 1 is 1.25 bits per heavy atom. The van der Waals surface area contributed by atoms with Crippen LogP contribution in [0.4, 0.5) is 11.4 Å². The summed E-state index contributed by atoms with van der Waals surface area (Å²) < 4.78 is 5.81. The minimum absolute atomic E-state index is 0.0446. The number of hydrogen-bond acceptors (Lipinski definition) is 3. The number of fused-ring (bicyclic) bond motifs is 1. The molecule has 1 saturated carbocycles. The Morgan fingerprint density at radius 3 is 2.55 bits per heavy atom. The van der Waals surface area contributed by atoms with Gasteiger partial charge in [0.1, 0.15) is 0 Å². The molecule has 3 unspecified atom stereocenters. The normalized spacial score (nSPS) is 30.2. The average Bonchev–Trinajstić information content (AvgIpc) is 2.84. The molecule has 1 heterocycles. The number of anilines is 2. The van der Waals surface area contributed by atoms with E-state index in [1.165, 1.54) is 6.92 Å². The van der Waals surface area contributed by atoms with Crippen molar-refractivity contribution in [3.8, 4) is 0 Å². The highest BCUT2D eigenvalue weighted by molar-refractivity contribution is 5.88. The molecule has 4 nitrogen and oxygen atoms in total. The zero-order chi connectivity index (χ0) is 14.3. The van der Waals surface area contributed by atoms with Crippen molar-refractivity contribution in [2.24, 2.45) is 11.3 Å². The maximum atomic E-state index is 11.0. The summed E-state index contributed by atoms with van der Waals surface area (Å²) in [6, 6.07) is 8.35. The fraction of sp³-hybridized carbons (Fsp3) is 0.562. The molecule has 0 bridgehead atoms. The Balaban J connectivity index is 1.67. The number of nitrogens with one attached hydrogen (secondary N) is 2. The van der Waals surface area contributed by atoms with Crippen molar-refractivity contribution in [1.82, 2.24) is 0 Å². The van der Waals surface area contributed by atoms with Crippen molar-refractivity contribution in [2.75, 3.05) is 17.2 Å². The van der Waals surface area contributed by atoms with Gasteiger partial charge in [0.25, 0.3) is 0 Å². The molecule has 1 aliphatic heterocycles. The summed E-state index contributed by atoms with van der Waals surface area (Å²) in [4.78, 5) is 11.0. The third-order valence-electron chi connectivity index (χ3n) is 4.63. The Bertz CT molecular complexity index is 510.